The molecule has 0 unspecified atom stereocenters. The van der Waals surface area contributed by atoms with E-state index in [1.54, 1.807) is 34.0 Å². The summed E-state index contributed by atoms with van der Waals surface area (Å²) in [5, 5.41) is 6.31. The van der Waals surface area contributed by atoms with Gasteiger partial charge in [-0.1, -0.05) is 36.4 Å². The third-order valence-electron chi connectivity index (χ3n) is 8.42. The summed E-state index contributed by atoms with van der Waals surface area (Å²) in [5.41, 5.74) is 7.92. The van der Waals surface area contributed by atoms with E-state index in [2.05, 4.69) is 83.1 Å². The first-order valence-corrected chi connectivity index (χ1v) is 18.0. The maximum absolute atomic E-state index is 6.09. The molecule has 0 N–H and O–H groups in total. The van der Waals surface area contributed by atoms with Gasteiger partial charge in [0.2, 0.25) is 0 Å². The first-order valence-electron chi connectivity index (χ1n) is 15.4. The molecule has 3 aromatic heterocycles. The molecule has 6 aromatic rings. The van der Waals surface area contributed by atoms with E-state index in [1.807, 2.05) is 10.8 Å². The van der Waals surface area contributed by atoms with Crippen molar-refractivity contribution in [2.45, 2.75) is 12.8 Å². The molecule has 0 saturated heterocycles. The van der Waals surface area contributed by atoms with Crippen LogP contribution in [0.15, 0.2) is 88.9 Å². The number of benzene rings is 3. The Morgan fingerprint density at radius 2 is 0.848 bits per heavy atom. The molecule has 0 spiro atoms. The highest BCUT2D eigenvalue weighted by atomic mass is 32.1. The fourth-order valence-electron chi connectivity index (χ4n) is 6.21. The average molecular weight is 664 g/mol. The van der Waals surface area contributed by atoms with E-state index in [-0.39, 0.29) is 0 Å². The van der Waals surface area contributed by atoms with Crippen LogP contribution in [0.4, 0.5) is 17.1 Å². The fraction of sp³-hybridized carbons (Fsp3) is 0.189. The van der Waals surface area contributed by atoms with Crippen molar-refractivity contribution >= 4 is 51.1 Å². The van der Waals surface area contributed by atoms with Gasteiger partial charge in [0.05, 0.1) is 21.2 Å². The topological polar surface area (TPSA) is 49.4 Å². The number of fused-ring (bicyclic) bond motifs is 3. The van der Waals surface area contributed by atoms with Gasteiger partial charge in [-0.05, 0) is 71.3 Å². The van der Waals surface area contributed by atoms with Crippen molar-refractivity contribution in [2.75, 3.05) is 37.9 Å². The molecule has 6 heterocycles. The largest absolute Gasteiger partial charge is 0.492 e. The number of nitrogens with zero attached hydrogens (tertiary/aromatic N) is 1. The molecule has 0 atom stereocenters. The summed E-state index contributed by atoms with van der Waals surface area (Å²) in [7, 11) is 0. The van der Waals surface area contributed by atoms with E-state index in [0.717, 1.165) is 86.1 Å². The van der Waals surface area contributed by atoms with Crippen molar-refractivity contribution in [3.05, 3.63) is 94.5 Å². The monoisotopic (exact) mass is 663 g/mol. The smallest absolute Gasteiger partial charge is 0.179 e. The van der Waals surface area contributed by atoms with Crippen LogP contribution in [0.3, 0.4) is 0 Å². The number of ether oxygens (including phenoxy) is 5. The first-order chi connectivity index (χ1) is 22.8. The summed E-state index contributed by atoms with van der Waals surface area (Å²) in [6.07, 6.45) is 2.17. The van der Waals surface area contributed by atoms with E-state index in [9.17, 15) is 0 Å². The van der Waals surface area contributed by atoms with E-state index >= 15 is 0 Å². The molecule has 3 aliphatic rings. The lowest BCUT2D eigenvalue weighted by atomic mass is 10.1. The molecule has 9 heteroatoms. The zero-order valence-corrected chi connectivity index (χ0v) is 27.3. The molecule has 0 amide bonds. The van der Waals surface area contributed by atoms with Gasteiger partial charge in [-0.3, -0.25) is 0 Å². The van der Waals surface area contributed by atoms with Crippen molar-refractivity contribution in [3.63, 3.8) is 0 Å². The zero-order valence-electron chi connectivity index (χ0n) is 24.8. The number of anilines is 3. The van der Waals surface area contributed by atoms with E-state index < -0.39 is 0 Å². The number of hydrogen-bond donors (Lipinski definition) is 0. The maximum atomic E-state index is 6.09. The molecule has 3 aliphatic heterocycles. The van der Waals surface area contributed by atoms with E-state index in [1.165, 1.54) is 16.0 Å². The Kier molecular flexibility index (Phi) is 7.10. The summed E-state index contributed by atoms with van der Waals surface area (Å²) in [6, 6.07) is 26.2. The van der Waals surface area contributed by atoms with Gasteiger partial charge < -0.3 is 28.6 Å². The number of rotatable bonds is 6. The average Bonchev–Trinajstić information content (AvgIpc) is 3.87. The van der Waals surface area contributed by atoms with Gasteiger partial charge in [0.15, 0.2) is 23.0 Å². The van der Waals surface area contributed by atoms with Crippen LogP contribution < -0.4 is 28.6 Å². The minimum Gasteiger partial charge on any atom is -0.492 e. The maximum Gasteiger partial charge on any atom is 0.179 e. The molecule has 0 radical (unpaired) electrons. The van der Waals surface area contributed by atoms with Gasteiger partial charge in [-0.2, -0.15) is 0 Å². The Bertz CT molecular complexity index is 1780. The lowest BCUT2D eigenvalue weighted by Gasteiger charge is -2.26. The van der Waals surface area contributed by atoms with Gasteiger partial charge in [0.25, 0.3) is 0 Å². The minimum absolute atomic E-state index is 0.572. The van der Waals surface area contributed by atoms with E-state index in [4.69, 9.17) is 23.7 Å². The summed E-state index contributed by atoms with van der Waals surface area (Å²) in [5.74, 6) is 4.41. The lowest BCUT2D eigenvalue weighted by Crippen LogP contribution is -2.14. The van der Waals surface area contributed by atoms with Gasteiger partial charge in [-0.15, -0.1) is 34.0 Å². The zero-order chi connectivity index (χ0) is 30.5. The molecule has 230 valence electrons. The van der Waals surface area contributed by atoms with Crippen LogP contribution in [-0.2, 0) is 6.42 Å². The Balaban J connectivity index is 1.08. The summed E-state index contributed by atoms with van der Waals surface area (Å²) >= 11 is 5.08. The third-order valence-corrected chi connectivity index (χ3v) is 11.5. The Morgan fingerprint density at radius 3 is 1.35 bits per heavy atom. The quantitative estimate of drug-likeness (QED) is 0.177. The van der Waals surface area contributed by atoms with Gasteiger partial charge in [0.1, 0.15) is 32.2 Å². The number of hydrogen-bond acceptors (Lipinski definition) is 9. The van der Waals surface area contributed by atoms with Crippen molar-refractivity contribution in [3.8, 4) is 60.1 Å². The van der Waals surface area contributed by atoms with Crippen molar-refractivity contribution < 1.29 is 23.7 Å². The molecule has 0 fully saturated rings. The Hall–Kier alpha value is -4.44. The predicted molar refractivity (Wildman–Crippen MR) is 187 cm³/mol. The summed E-state index contributed by atoms with van der Waals surface area (Å²) < 4.78 is 29.6. The van der Waals surface area contributed by atoms with Crippen LogP contribution in [0.2, 0.25) is 0 Å². The van der Waals surface area contributed by atoms with Crippen molar-refractivity contribution in [2.24, 2.45) is 0 Å². The highest BCUT2D eigenvalue weighted by molar-refractivity contribution is 7.15. The van der Waals surface area contributed by atoms with Crippen LogP contribution in [0, 0.1) is 0 Å². The Labute approximate surface area is 279 Å². The molecule has 0 saturated carbocycles. The van der Waals surface area contributed by atoms with E-state index in [0.29, 0.717) is 26.4 Å². The number of aryl methyl sites for hydroxylation is 1. The molecular formula is C37H29NO5S3. The molecule has 0 aliphatic carbocycles. The van der Waals surface area contributed by atoms with Gasteiger partial charge >= 0.3 is 0 Å². The second-order valence-electron chi connectivity index (χ2n) is 11.3. The number of thiophene rings is 3. The minimum atomic E-state index is 0.572. The predicted octanol–water partition coefficient (Wildman–Crippen LogP) is 10.2. The van der Waals surface area contributed by atoms with Gasteiger partial charge in [-0.25, -0.2) is 0 Å². The molecule has 0 bridgehead atoms. The van der Waals surface area contributed by atoms with Crippen LogP contribution in [-0.4, -0.2) is 33.0 Å². The van der Waals surface area contributed by atoms with Crippen LogP contribution in [0.1, 0.15) is 12.0 Å². The lowest BCUT2D eigenvalue weighted by molar-refractivity contribution is 0.174. The van der Waals surface area contributed by atoms with Gasteiger partial charge in [0, 0.05) is 33.4 Å². The standard InChI is InChI=1S/C37H29NO5S3/c1-2-26-20-44-35(32(26)41-15-1)23-3-9-27(10-4-23)38(28-11-5-24(6-12-28)36-33-30(21-45-36)39-16-18-42-33)29-13-7-25(8-14-29)37-34-31(22-46-37)40-17-19-43-34/h3-14,20-22H,1-2,15-19H2. The highest BCUT2D eigenvalue weighted by Gasteiger charge is 2.23. The normalized spacial score (nSPS) is 14.8. The molecule has 6 nitrogen and oxygen atoms in total. The molecule has 3 aromatic carbocycles. The van der Waals surface area contributed by atoms with Crippen LogP contribution in [0.25, 0.3) is 31.3 Å². The van der Waals surface area contributed by atoms with Crippen molar-refractivity contribution in [1.29, 1.82) is 0 Å². The SMILES string of the molecule is c1cc(N(c2ccc(-c3scc4c3OCCO4)cc2)c2ccc(-c3scc4c3OCCO4)cc2)ccc1-c1scc2c1OCCC2. The first kappa shape index (κ1) is 27.8. The molecule has 9 rings (SSSR count). The van der Waals surface area contributed by atoms with Crippen LogP contribution >= 0.6 is 34.0 Å². The Morgan fingerprint density at radius 1 is 0.435 bits per heavy atom. The van der Waals surface area contributed by atoms with Crippen molar-refractivity contribution in [1.82, 2.24) is 0 Å². The summed E-state index contributed by atoms with van der Waals surface area (Å²) in [4.78, 5) is 5.68. The summed E-state index contributed by atoms with van der Waals surface area (Å²) in [6.45, 7) is 3.11. The third kappa shape index (κ3) is 4.90. The molecule has 46 heavy (non-hydrogen) atoms. The molecular weight excluding hydrogens is 635 g/mol. The second-order valence-corrected chi connectivity index (χ2v) is 13.9. The fourth-order valence-corrected chi connectivity index (χ4v) is 9.14. The highest BCUT2D eigenvalue weighted by Crippen LogP contribution is 2.48. The van der Waals surface area contributed by atoms with Crippen LogP contribution in [0.5, 0.6) is 28.7 Å². The second kappa shape index (κ2) is 11.7.